The third-order valence-corrected chi connectivity index (χ3v) is 3.45. The highest BCUT2D eigenvalue weighted by Crippen LogP contribution is 2.27. The van der Waals surface area contributed by atoms with Gasteiger partial charge in [-0.1, -0.05) is 27.5 Å². The fraction of sp³-hybridized carbons (Fsp3) is 0.0714. The molecule has 0 radical (unpaired) electrons. The van der Waals surface area contributed by atoms with E-state index in [0.717, 1.165) is 4.47 Å². The molecule has 0 aliphatic heterocycles. The van der Waals surface area contributed by atoms with Crippen LogP contribution in [0.2, 0.25) is 5.02 Å². The zero-order valence-electron chi connectivity index (χ0n) is 10.6. The molecule has 2 rings (SSSR count). The highest BCUT2D eigenvalue weighted by atomic mass is 79.9. The number of benzene rings is 2. The molecule has 0 saturated heterocycles. The lowest BCUT2D eigenvalue weighted by Gasteiger charge is -2.11. The van der Waals surface area contributed by atoms with Crippen LogP contribution in [-0.2, 0) is 0 Å². The van der Waals surface area contributed by atoms with Crippen molar-refractivity contribution in [1.82, 2.24) is 0 Å². The van der Waals surface area contributed by atoms with Gasteiger partial charge in [-0.05, 0) is 36.4 Å². The van der Waals surface area contributed by atoms with E-state index in [-0.39, 0.29) is 5.91 Å². The van der Waals surface area contributed by atoms with E-state index in [1.54, 1.807) is 36.4 Å². The second kappa shape index (κ2) is 6.15. The van der Waals surface area contributed by atoms with Crippen LogP contribution in [0, 0.1) is 0 Å². The average molecular weight is 356 g/mol. The van der Waals surface area contributed by atoms with E-state index in [1.165, 1.54) is 7.11 Å². The molecule has 104 valence electrons. The first kappa shape index (κ1) is 14.7. The Kier molecular flexibility index (Phi) is 4.52. The third kappa shape index (κ3) is 3.23. The molecule has 0 aliphatic carbocycles. The molecule has 6 heteroatoms. The Labute approximate surface area is 130 Å². The van der Waals surface area contributed by atoms with Crippen LogP contribution in [0.5, 0.6) is 5.75 Å². The molecule has 3 N–H and O–H groups in total. The number of methoxy groups -OCH3 is 1. The highest BCUT2D eigenvalue weighted by Gasteiger charge is 2.14. The van der Waals surface area contributed by atoms with E-state index >= 15 is 0 Å². The number of anilines is 2. The Hall–Kier alpha value is -1.72. The van der Waals surface area contributed by atoms with E-state index in [2.05, 4.69) is 21.2 Å². The molecule has 0 spiro atoms. The zero-order chi connectivity index (χ0) is 14.7. The molecule has 0 aromatic heterocycles. The van der Waals surface area contributed by atoms with Crippen molar-refractivity contribution in [3.63, 3.8) is 0 Å². The number of halogens is 2. The molecule has 2 aromatic rings. The lowest BCUT2D eigenvalue weighted by molar-refractivity contribution is 0.102. The van der Waals surface area contributed by atoms with Crippen molar-refractivity contribution < 1.29 is 9.53 Å². The number of nitrogen functional groups attached to an aromatic ring is 1. The Morgan fingerprint density at radius 3 is 2.70 bits per heavy atom. The predicted octanol–water partition coefficient (Wildman–Crippen LogP) is 3.95. The summed E-state index contributed by atoms with van der Waals surface area (Å²) in [6.45, 7) is 0. The number of carbonyl (C=O) groups excluding carboxylic acids is 1. The maximum absolute atomic E-state index is 12.3. The molecule has 0 fully saturated rings. The van der Waals surface area contributed by atoms with E-state index in [0.29, 0.717) is 27.7 Å². The number of hydrogen-bond acceptors (Lipinski definition) is 3. The Bertz CT molecular complexity index is 662. The predicted molar refractivity (Wildman–Crippen MR) is 84.5 cm³/mol. The molecule has 4 nitrogen and oxygen atoms in total. The maximum atomic E-state index is 12.3. The van der Waals surface area contributed by atoms with Gasteiger partial charge in [0, 0.05) is 10.2 Å². The monoisotopic (exact) mass is 354 g/mol. The molecule has 1 amide bonds. The summed E-state index contributed by atoms with van der Waals surface area (Å²) in [4.78, 5) is 12.3. The first-order chi connectivity index (χ1) is 9.51. The summed E-state index contributed by atoms with van der Waals surface area (Å²) in [6, 6.07) is 10.1. The van der Waals surface area contributed by atoms with Gasteiger partial charge in [-0.3, -0.25) is 4.79 Å². The van der Waals surface area contributed by atoms with E-state index in [4.69, 9.17) is 22.1 Å². The topological polar surface area (TPSA) is 64.3 Å². The van der Waals surface area contributed by atoms with Gasteiger partial charge in [0.25, 0.3) is 5.91 Å². The quantitative estimate of drug-likeness (QED) is 0.820. The van der Waals surface area contributed by atoms with Gasteiger partial charge < -0.3 is 15.8 Å². The number of hydrogen-bond donors (Lipinski definition) is 2. The van der Waals surface area contributed by atoms with E-state index < -0.39 is 0 Å². The largest absolute Gasteiger partial charge is 0.496 e. The Morgan fingerprint density at radius 1 is 1.30 bits per heavy atom. The van der Waals surface area contributed by atoms with E-state index in [1.807, 2.05) is 0 Å². The second-order valence-corrected chi connectivity index (χ2v) is 5.36. The van der Waals surface area contributed by atoms with Crippen LogP contribution in [0.25, 0.3) is 0 Å². The average Bonchev–Trinajstić information content (AvgIpc) is 2.41. The fourth-order valence-corrected chi connectivity index (χ4v) is 2.28. The van der Waals surface area contributed by atoms with Gasteiger partial charge in [0.1, 0.15) is 5.75 Å². The molecule has 20 heavy (non-hydrogen) atoms. The van der Waals surface area contributed by atoms with Crippen molar-refractivity contribution in [2.75, 3.05) is 18.2 Å². The molecule has 0 unspecified atom stereocenters. The van der Waals surface area contributed by atoms with E-state index in [9.17, 15) is 4.79 Å². The number of carbonyl (C=O) groups is 1. The summed E-state index contributed by atoms with van der Waals surface area (Å²) in [5.74, 6) is 0.173. The van der Waals surface area contributed by atoms with Gasteiger partial charge in [-0.2, -0.15) is 0 Å². The first-order valence-electron chi connectivity index (χ1n) is 5.71. The number of nitrogens with two attached hydrogens (primary N) is 1. The van der Waals surface area contributed by atoms with Crippen molar-refractivity contribution in [1.29, 1.82) is 0 Å². The lowest BCUT2D eigenvalue weighted by atomic mass is 10.2. The zero-order valence-corrected chi connectivity index (χ0v) is 13.0. The van der Waals surface area contributed by atoms with Crippen molar-refractivity contribution in [3.8, 4) is 5.75 Å². The second-order valence-electron chi connectivity index (χ2n) is 4.04. The molecular formula is C14H12BrClN2O2. The van der Waals surface area contributed by atoms with Gasteiger partial charge in [0.15, 0.2) is 0 Å². The van der Waals surface area contributed by atoms with Crippen molar-refractivity contribution >= 4 is 44.8 Å². The number of rotatable bonds is 3. The van der Waals surface area contributed by atoms with Crippen LogP contribution in [0.1, 0.15) is 10.4 Å². The van der Waals surface area contributed by atoms with Crippen LogP contribution in [0.4, 0.5) is 11.4 Å². The van der Waals surface area contributed by atoms with Gasteiger partial charge in [-0.15, -0.1) is 0 Å². The van der Waals surface area contributed by atoms with Crippen molar-refractivity contribution in [3.05, 3.63) is 51.5 Å². The number of ether oxygens (including phenoxy) is 1. The molecule has 0 bridgehead atoms. The minimum absolute atomic E-state index is 0.310. The summed E-state index contributed by atoms with van der Waals surface area (Å²) in [5, 5.41) is 3.11. The SMILES string of the molecule is COc1ccc(Br)cc1C(=O)Nc1ccc(N)cc1Cl. The van der Waals surface area contributed by atoms with Crippen LogP contribution in [0.3, 0.4) is 0 Å². The Morgan fingerprint density at radius 2 is 2.05 bits per heavy atom. The molecule has 0 heterocycles. The molecule has 0 saturated carbocycles. The van der Waals surface area contributed by atoms with Gasteiger partial charge >= 0.3 is 0 Å². The standard InChI is InChI=1S/C14H12BrClN2O2/c1-20-13-5-2-8(15)6-10(13)14(19)18-12-4-3-9(17)7-11(12)16/h2-7H,17H2,1H3,(H,18,19). The first-order valence-corrected chi connectivity index (χ1v) is 6.88. The molecule has 0 atom stereocenters. The molecule has 0 aliphatic rings. The highest BCUT2D eigenvalue weighted by molar-refractivity contribution is 9.10. The Balaban J connectivity index is 2.30. The van der Waals surface area contributed by atoms with Crippen LogP contribution in [0.15, 0.2) is 40.9 Å². The summed E-state index contributed by atoms with van der Waals surface area (Å²) in [6.07, 6.45) is 0. The van der Waals surface area contributed by atoms with Crippen molar-refractivity contribution in [2.24, 2.45) is 0 Å². The number of nitrogens with one attached hydrogen (secondary N) is 1. The summed E-state index contributed by atoms with van der Waals surface area (Å²) < 4.78 is 5.96. The third-order valence-electron chi connectivity index (χ3n) is 2.65. The fourth-order valence-electron chi connectivity index (χ4n) is 1.68. The van der Waals surface area contributed by atoms with Crippen LogP contribution >= 0.6 is 27.5 Å². The van der Waals surface area contributed by atoms with Gasteiger partial charge in [-0.25, -0.2) is 0 Å². The maximum Gasteiger partial charge on any atom is 0.259 e. The molecule has 2 aromatic carbocycles. The summed E-state index contributed by atoms with van der Waals surface area (Å²) in [5.41, 5.74) is 7.05. The molecular weight excluding hydrogens is 344 g/mol. The lowest BCUT2D eigenvalue weighted by Crippen LogP contribution is -2.13. The summed E-state index contributed by atoms with van der Waals surface area (Å²) in [7, 11) is 1.51. The minimum atomic E-state index is -0.310. The van der Waals surface area contributed by atoms with Crippen molar-refractivity contribution in [2.45, 2.75) is 0 Å². The number of amides is 1. The van der Waals surface area contributed by atoms with Crippen LogP contribution in [-0.4, -0.2) is 13.0 Å². The van der Waals surface area contributed by atoms with Gasteiger partial charge in [0.05, 0.1) is 23.4 Å². The minimum Gasteiger partial charge on any atom is -0.496 e. The van der Waals surface area contributed by atoms with Crippen LogP contribution < -0.4 is 15.8 Å². The smallest absolute Gasteiger partial charge is 0.259 e. The summed E-state index contributed by atoms with van der Waals surface area (Å²) >= 11 is 9.36. The van der Waals surface area contributed by atoms with Gasteiger partial charge in [0.2, 0.25) is 0 Å². The normalized spacial score (nSPS) is 10.2.